The first-order valence-corrected chi connectivity index (χ1v) is 6.91. The molecule has 0 aromatic rings. The Hall–Kier alpha value is -0.770. The van der Waals surface area contributed by atoms with Gasteiger partial charge >= 0.3 is 6.03 Å². The minimum atomic E-state index is -0.00845. The van der Waals surface area contributed by atoms with Crippen LogP contribution >= 0.6 is 0 Å². The summed E-state index contributed by atoms with van der Waals surface area (Å²) in [6, 6.07) is 0.233. The second-order valence-electron chi connectivity index (χ2n) is 5.90. The van der Waals surface area contributed by atoms with Crippen molar-refractivity contribution in [2.24, 2.45) is 5.41 Å². The Labute approximate surface area is 102 Å². The maximum absolute atomic E-state index is 11.8. The summed E-state index contributed by atoms with van der Waals surface area (Å²) in [6.07, 6.45) is 7.64. The topological polar surface area (TPSA) is 50.4 Å². The molecule has 0 aromatic carbocycles. The van der Waals surface area contributed by atoms with Gasteiger partial charge in [0.1, 0.15) is 0 Å². The van der Waals surface area contributed by atoms with E-state index in [0.717, 1.165) is 19.4 Å². The summed E-state index contributed by atoms with van der Waals surface area (Å²) in [4.78, 5) is 11.8. The van der Waals surface area contributed by atoms with E-state index in [0.29, 0.717) is 11.5 Å². The highest BCUT2D eigenvalue weighted by atomic mass is 16.5. The molecule has 2 aliphatic heterocycles. The minimum Gasteiger partial charge on any atom is -0.373 e. The molecule has 3 aliphatic rings. The van der Waals surface area contributed by atoms with Crippen LogP contribution < -0.4 is 10.6 Å². The highest BCUT2D eigenvalue weighted by Crippen LogP contribution is 2.47. The van der Waals surface area contributed by atoms with E-state index in [9.17, 15) is 4.79 Å². The highest BCUT2D eigenvalue weighted by Gasteiger charge is 2.43. The molecule has 0 aromatic heterocycles. The van der Waals surface area contributed by atoms with Crippen LogP contribution in [0.3, 0.4) is 0 Å². The number of hydrogen-bond acceptors (Lipinski definition) is 2. The van der Waals surface area contributed by atoms with Gasteiger partial charge in [0.25, 0.3) is 0 Å². The Morgan fingerprint density at radius 1 is 1.41 bits per heavy atom. The molecule has 3 rings (SSSR count). The first-order valence-electron chi connectivity index (χ1n) is 6.91. The van der Waals surface area contributed by atoms with E-state index in [1.807, 2.05) is 0 Å². The van der Waals surface area contributed by atoms with E-state index in [4.69, 9.17) is 4.74 Å². The second-order valence-corrected chi connectivity index (χ2v) is 5.90. The van der Waals surface area contributed by atoms with Crippen LogP contribution in [0.4, 0.5) is 4.79 Å². The molecule has 17 heavy (non-hydrogen) atoms. The number of carbonyl (C=O) groups is 1. The van der Waals surface area contributed by atoms with E-state index < -0.39 is 0 Å². The molecule has 3 atom stereocenters. The van der Waals surface area contributed by atoms with Gasteiger partial charge in [-0.1, -0.05) is 6.92 Å². The first kappa shape index (κ1) is 11.3. The zero-order valence-corrected chi connectivity index (χ0v) is 10.5. The van der Waals surface area contributed by atoms with Crippen molar-refractivity contribution in [3.05, 3.63) is 0 Å². The predicted octanol–water partition coefficient (Wildman–Crippen LogP) is 1.80. The fraction of sp³-hybridized carbons (Fsp3) is 0.923. The van der Waals surface area contributed by atoms with Gasteiger partial charge < -0.3 is 15.4 Å². The Morgan fingerprint density at radius 2 is 2.24 bits per heavy atom. The van der Waals surface area contributed by atoms with Crippen molar-refractivity contribution in [2.45, 2.75) is 63.7 Å². The molecular formula is C13H22N2O2. The molecule has 4 heteroatoms. The number of nitrogens with one attached hydrogen (secondary N) is 2. The number of fused-ring (bicyclic) bond motifs is 2. The summed E-state index contributed by atoms with van der Waals surface area (Å²) >= 11 is 0. The number of hydrogen-bond donors (Lipinski definition) is 2. The summed E-state index contributed by atoms with van der Waals surface area (Å²) < 4.78 is 5.72. The third kappa shape index (κ3) is 2.28. The first-order chi connectivity index (χ1) is 8.21. The lowest BCUT2D eigenvalue weighted by atomic mass is 9.96. The van der Waals surface area contributed by atoms with Crippen molar-refractivity contribution in [3.63, 3.8) is 0 Å². The Morgan fingerprint density at radius 3 is 2.76 bits per heavy atom. The van der Waals surface area contributed by atoms with Crippen molar-refractivity contribution in [3.8, 4) is 0 Å². The van der Waals surface area contributed by atoms with Crippen LogP contribution in [0.2, 0.25) is 0 Å². The number of urea groups is 1. The van der Waals surface area contributed by atoms with Gasteiger partial charge in [-0.3, -0.25) is 0 Å². The van der Waals surface area contributed by atoms with Crippen LogP contribution in [0.1, 0.15) is 45.4 Å². The van der Waals surface area contributed by atoms with E-state index >= 15 is 0 Å². The van der Waals surface area contributed by atoms with Crippen molar-refractivity contribution >= 4 is 6.03 Å². The molecule has 1 saturated carbocycles. The molecule has 0 spiro atoms. The lowest BCUT2D eigenvalue weighted by molar-refractivity contribution is 0.0980. The van der Waals surface area contributed by atoms with Crippen LogP contribution in [-0.4, -0.2) is 30.8 Å². The Bertz CT molecular complexity index is 315. The van der Waals surface area contributed by atoms with Gasteiger partial charge in [0.2, 0.25) is 0 Å². The molecule has 2 N–H and O–H groups in total. The SMILES string of the molecule is CCC1(CNC(=O)NC2CC3CCC2O3)CC1. The molecular weight excluding hydrogens is 216 g/mol. The maximum Gasteiger partial charge on any atom is 0.315 e. The van der Waals surface area contributed by atoms with E-state index in [-0.39, 0.29) is 18.2 Å². The molecule has 3 unspecified atom stereocenters. The third-order valence-corrected chi connectivity index (χ3v) is 4.75. The van der Waals surface area contributed by atoms with Crippen molar-refractivity contribution in [2.75, 3.05) is 6.54 Å². The van der Waals surface area contributed by atoms with Gasteiger partial charge in [-0.25, -0.2) is 4.79 Å². The number of rotatable bonds is 4. The second kappa shape index (κ2) is 4.16. The van der Waals surface area contributed by atoms with Crippen molar-refractivity contribution in [1.82, 2.24) is 10.6 Å². The van der Waals surface area contributed by atoms with Crippen molar-refractivity contribution < 1.29 is 9.53 Å². The zero-order chi connectivity index (χ0) is 11.9. The van der Waals surface area contributed by atoms with Crippen LogP contribution in [0, 0.1) is 5.41 Å². The average Bonchev–Trinajstić information content (AvgIpc) is 2.83. The van der Waals surface area contributed by atoms with E-state index in [1.54, 1.807) is 0 Å². The van der Waals surface area contributed by atoms with Gasteiger partial charge in [-0.05, 0) is 43.9 Å². The Kier molecular flexibility index (Phi) is 2.77. The standard InChI is InChI=1S/C13H22N2O2/c1-2-13(5-6-13)8-14-12(16)15-10-7-9-3-4-11(10)17-9/h9-11H,2-8H2,1H3,(H2,14,15,16). The van der Waals surface area contributed by atoms with Gasteiger partial charge in [-0.15, -0.1) is 0 Å². The van der Waals surface area contributed by atoms with Crippen LogP contribution in [0.25, 0.3) is 0 Å². The fourth-order valence-electron chi connectivity index (χ4n) is 3.11. The molecule has 1 aliphatic carbocycles. The van der Waals surface area contributed by atoms with E-state index in [2.05, 4.69) is 17.6 Å². The van der Waals surface area contributed by atoms with Gasteiger partial charge in [-0.2, -0.15) is 0 Å². The van der Waals surface area contributed by atoms with Gasteiger partial charge in [0.15, 0.2) is 0 Å². The average molecular weight is 238 g/mol. The lowest BCUT2D eigenvalue weighted by Gasteiger charge is -2.21. The summed E-state index contributed by atoms with van der Waals surface area (Å²) in [5, 5.41) is 6.08. The minimum absolute atomic E-state index is 0.00845. The van der Waals surface area contributed by atoms with Crippen LogP contribution in [0.15, 0.2) is 0 Å². The molecule has 2 heterocycles. The van der Waals surface area contributed by atoms with Gasteiger partial charge in [0.05, 0.1) is 18.2 Å². The molecule has 4 nitrogen and oxygen atoms in total. The predicted molar refractivity (Wildman–Crippen MR) is 64.8 cm³/mol. The summed E-state index contributed by atoms with van der Waals surface area (Å²) in [5.74, 6) is 0. The number of ether oxygens (including phenoxy) is 1. The van der Waals surface area contributed by atoms with Gasteiger partial charge in [0, 0.05) is 6.54 Å². The van der Waals surface area contributed by atoms with Crippen LogP contribution in [-0.2, 0) is 4.74 Å². The molecule has 0 radical (unpaired) electrons. The maximum atomic E-state index is 11.8. The molecule has 2 bridgehead atoms. The largest absolute Gasteiger partial charge is 0.373 e. The Balaban J connectivity index is 1.42. The molecule has 3 fully saturated rings. The molecule has 2 saturated heterocycles. The highest BCUT2D eigenvalue weighted by molar-refractivity contribution is 5.74. The fourth-order valence-corrected chi connectivity index (χ4v) is 3.11. The number of amides is 2. The monoisotopic (exact) mass is 238 g/mol. The summed E-state index contributed by atoms with van der Waals surface area (Å²) in [7, 11) is 0. The lowest BCUT2D eigenvalue weighted by Crippen LogP contribution is -2.47. The zero-order valence-electron chi connectivity index (χ0n) is 10.5. The normalized spacial score (nSPS) is 36.9. The van der Waals surface area contributed by atoms with E-state index in [1.165, 1.54) is 25.7 Å². The van der Waals surface area contributed by atoms with Crippen LogP contribution in [0.5, 0.6) is 0 Å². The molecule has 96 valence electrons. The van der Waals surface area contributed by atoms with Crippen molar-refractivity contribution in [1.29, 1.82) is 0 Å². The smallest absolute Gasteiger partial charge is 0.315 e. The molecule has 2 amide bonds. The quantitative estimate of drug-likeness (QED) is 0.784. The number of carbonyl (C=O) groups excluding carboxylic acids is 1. The summed E-state index contributed by atoms with van der Waals surface area (Å²) in [6.45, 7) is 3.04. The third-order valence-electron chi connectivity index (χ3n) is 4.75. The summed E-state index contributed by atoms with van der Waals surface area (Å²) in [5.41, 5.74) is 0.419.